The first-order valence-electron chi connectivity index (χ1n) is 2.39. The molecule has 7 N–H and O–H groups in total. The van der Waals surface area contributed by atoms with Gasteiger partial charge in [0.25, 0.3) is 0 Å². The molecule has 0 bridgehead atoms. The first-order valence-corrected chi connectivity index (χ1v) is 4.18. The molecule has 0 spiro atoms. The zero-order valence-electron chi connectivity index (χ0n) is 7.73. The molecule has 0 aliphatic rings. The Balaban J connectivity index is -0.000000135. The first kappa shape index (κ1) is 18.9. The molecule has 0 fully saturated rings. The zero-order chi connectivity index (χ0) is 8.20. The minimum atomic E-state index is -4.10. The number of hydrogen-bond acceptors (Lipinski definition) is 4. The van der Waals surface area contributed by atoms with E-state index in [1.807, 2.05) is 0 Å². The van der Waals surface area contributed by atoms with Crippen LogP contribution in [0.5, 0.6) is 0 Å². The van der Waals surface area contributed by atoms with Gasteiger partial charge in [0.15, 0.2) is 0 Å². The molecule has 0 saturated heterocycles. The van der Waals surface area contributed by atoms with Gasteiger partial charge >= 0.3 is 64.9 Å². The number of nitrogens with one attached hydrogen (secondary N) is 1. The summed E-state index contributed by atoms with van der Waals surface area (Å²) in [6, 6.07) is 0. The molecule has 0 saturated carbocycles. The van der Waals surface area contributed by atoms with Crippen LogP contribution in [0.25, 0.3) is 0 Å². The Morgan fingerprint density at radius 3 is 2.17 bits per heavy atom. The Morgan fingerprint density at radius 1 is 1.50 bits per heavy atom. The summed E-state index contributed by atoms with van der Waals surface area (Å²) in [6.07, 6.45) is -0.598. The van der Waals surface area contributed by atoms with Crippen LogP contribution in [0.15, 0.2) is 0 Å². The largest absolute Gasteiger partial charge is 1.00 e. The van der Waals surface area contributed by atoms with Gasteiger partial charge in [-0.3, -0.25) is 14.7 Å². The second-order valence-corrected chi connectivity index (χ2v) is 3.29. The van der Waals surface area contributed by atoms with Gasteiger partial charge in [0, 0.05) is 0 Å². The summed E-state index contributed by atoms with van der Waals surface area (Å²) in [6.45, 7) is -0.439. The molecular weight excluding hydrogens is 214 g/mol. The van der Waals surface area contributed by atoms with Gasteiger partial charge in [-0.15, -0.1) is 0 Å². The molecule has 7 nitrogen and oxygen atoms in total. The number of carboxylic acids is 1. The predicted molar refractivity (Wildman–Crippen MR) is 38.7 cm³/mol. The predicted octanol–water partition coefficient (Wildman–Crippen LogP) is -3.93. The van der Waals surface area contributed by atoms with E-state index in [1.54, 1.807) is 0 Å². The van der Waals surface area contributed by atoms with Gasteiger partial charge in [-0.1, -0.05) is 0 Å². The topological polar surface area (TPSA) is 142 Å². The van der Waals surface area contributed by atoms with Crippen molar-refractivity contribution < 1.29 is 77.1 Å². The molecule has 0 aliphatic carbocycles. The normalized spacial score (nSPS) is 9.50. The van der Waals surface area contributed by atoms with Gasteiger partial charge in [-0.05, 0) is 0 Å². The smallest absolute Gasteiger partial charge is 1.00 e. The molecule has 12 heavy (non-hydrogen) atoms. The van der Waals surface area contributed by atoms with Crippen LogP contribution in [0, 0.1) is 0 Å². The van der Waals surface area contributed by atoms with Crippen molar-refractivity contribution in [2.45, 2.75) is 0 Å². The number of carbonyl (C=O) groups is 1. The Kier molecular flexibility index (Phi) is 13.8. The van der Waals surface area contributed by atoms with Crippen molar-refractivity contribution in [1.29, 1.82) is 0 Å². The molecule has 0 atom stereocenters. The van der Waals surface area contributed by atoms with E-state index in [0.717, 1.165) is 0 Å². The van der Waals surface area contributed by atoms with Crippen molar-refractivity contribution in [1.82, 2.24) is 11.5 Å². The summed E-state index contributed by atoms with van der Waals surface area (Å²) in [7, 11) is -4.10. The number of hydrogen-bond donors (Lipinski definition) is 5. The maximum atomic E-state index is 10.1. The van der Waals surface area contributed by atoms with Gasteiger partial charge < -0.3 is 22.5 Å². The first-order chi connectivity index (χ1) is 4.42. The Hall–Kier alpha value is 1.18. The van der Waals surface area contributed by atoms with Crippen molar-refractivity contribution in [2.24, 2.45) is 0 Å². The van der Waals surface area contributed by atoms with Crippen LogP contribution in [0.1, 0.15) is 1.43 Å². The van der Waals surface area contributed by atoms with E-state index in [9.17, 15) is 9.36 Å². The zero-order valence-corrected chi connectivity index (χ0v) is 10.7. The summed E-state index contributed by atoms with van der Waals surface area (Å²) in [5, 5.41) is 10.1. The van der Waals surface area contributed by atoms with E-state index in [1.165, 1.54) is 0 Å². The standard InChI is InChI=1S/C3H8NO5P.K.H3N.H/c5-3(6)1-4-2-10(7,8)9;;;/h4H,1-2H2,(H,5,6)(H2,7,8,9);;1H3;/q;+1;;-1. The van der Waals surface area contributed by atoms with Gasteiger partial charge in [0.1, 0.15) is 0 Å². The molecule has 70 valence electrons. The van der Waals surface area contributed by atoms with Crippen molar-refractivity contribution in [3.05, 3.63) is 0 Å². The summed E-state index contributed by atoms with van der Waals surface area (Å²) >= 11 is 0. The van der Waals surface area contributed by atoms with Crippen molar-refractivity contribution in [2.75, 3.05) is 12.8 Å². The van der Waals surface area contributed by atoms with E-state index < -0.39 is 26.4 Å². The van der Waals surface area contributed by atoms with Crippen LogP contribution >= 0.6 is 7.60 Å². The fraction of sp³-hybridized carbons (Fsp3) is 0.667. The van der Waals surface area contributed by atoms with Crippen LogP contribution in [0.2, 0.25) is 0 Å². The Labute approximate surface area is 114 Å². The molecule has 0 aromatic heterocycles. The van der Waals surface area contributed by atoms with Gasteiger partial charge in [-0.2, -0.15) is 0 Å². The Bertz CT molecular complexity index is 175. The van der Waals surface area contributed by atoms with Crippen LogP contribution < -0.4 is 62.9 Å². The molecule has 0 heterocycles. The average molecular weight is 226 g/mol. The molecule has 0 aromatic rings. The molecule has 0 radical (unpaired) electrons. The molecule has 0 unspecified atom stereocenters. The number of aliphatic carboxylic acids is 1. The number of rotatable bonds is 4. The molecule has 0 aliphatic heterocycles. The van der Waals surface area contributed by atoms with Crippen LogP contribution in [0.4, 0.5) is 0 Å². The third-order valence-electron chi connectivity index (χ3n) is 0.594. The minimum Gasteiger partial charge on any atom is -1.00 e. The van der Waals surface area contributed by atoms with Gasteiger partial charge in [0.05, 0.1) is 12.8 Å². The number of carboxylic acid groups (broad SMARTS) is 1. The van der Waals surface area contributed by atoms with E-state index >= 15 is 0 Å². The van der Waals surface area contributed by atoms with Crippen LogP contribution in [-0.2, 0) is 9.36 Å². The quantitative estimate of drug-likeness (QED) is 0.243. The monoisotopic (exact) mass is 226 g/mol. The molecule has 0 aromatic carbocycles. The molecule has 0 amide bonds. The van der Waals surface area contributed by atoms with Gasteiger partial charge in [-0.25, -0.2) is 0 Å². The third-order valence-corrected chi connectivity index (χ3v) is 1.23. The second-order valence-electron chi connectivity index (χ2n) is 1.64. The van der Waals surface area contributed by atoms with Crippen LogP contribution in [-0.4, -0.2) is 33.7 Å². The van der Waals surface area contributed by atoms with Crippen molar-refractivity contribution in [3.63, 3.8) is 0 Å². The fourth-order valence-electron chi connectivity index (χ4n) is 0.308. The van der Waals surface area contributed by atoms with E-state index in [0.29, 0.717) is 0 Å². The Morgan fingerprint density at radius 2 is 1.92 bits per heavy atom. The van der Waals surface area contributed by atoms with Crippen LogP contribution in [0.3, 0.4) is 0 Å². The maximum absolute atomic E-state index is 10.1. The third kappa shape index (κ3) is 17.3. The summed E-state index contributed by atoms with van der Waals surface area (Å²) in [5.74, 6) is -1.14. The van der Waals surface area contributed by atoms with Gasteiger partial charge in [0.2, 0.25) is 0 Å². The fourth-order valence-corrected chi connectivity index (χ4v) is 0.712. The average Bonchev–Trinajstić information content (AvgIpc) is 1.59. The van der Waals surface area contributed by atoms with E-state index in [-0.39, 0.29) is 59.0 Å². The maximum Gasteiger partial charge on any atom is 1.00 e. The minimum absolute atomic E-state index is 0. The summed E-state index contributed by atoms with van der Waals surface area (Å²) in [4.78, 5) is 26.1. The second kappa shape index (κ2) is 8.76. The van der Waals surface area contributed by atoms with E-state index in [2.05, 4.69) is 5.32 Å². The van der Waals surface area contributed by atoms with E-state index in [4.69, 9.17) is 14.9 Å². The molecule has 0 rings (SSSR count). The summed E-state index contributed by atoms with van der Waals surface area (Å²) in [5.41, 5.74) is 0. The molecular formula is C3H12KN2O5P. The molecule has 9 heteroatoms. The SMILES string of the molecule is N.O=C(O)CNCP(=O)(O)O.[H-].[K+]. The summed E-state index contributed by atoms with van der Waals surface area (Å²) < 4.78 is 10.1. The van der Waals surface area contributed by atoms with Crippen molar-refractivity contribution >= 4 is 13.6 Å². The van der Waals surface area contributed by atoms with Crippen molar-refractivity contribution in [3.8, 4) is 0 Å².